The SMILES string of the molecule is CCNC(=O)C1CNCCN1Cc1cc(CC)nn1C. The van der Waals surface area contributed by atoms with Crippen LogP contribution < -0.4 is 10.6 Å². The molecule has 1 aliphatic rings. The molecule has 6 heteroatoms. The maximum atomic E-state index is 12.1. The summed E-state index contributed by atoms with van der Waals surface area (Å²) in [4.78, 5) is 14.4. The normalized spacial score (nSPS) is 20.1. The van der Waals surface area contributed by atoms with Gasteiger partial charge in [0.05, 0.1) is 11.4 Å². The van der Waals surface area contributed by atoms with Crippen molar-refractivity contribution in [3.63, 3.8) is 0 Å². The molecular weight excluding hydrogens is 254 g/mol. The topological polar surface area (TPSA) is 62.2 Å². The van der Waals surface area contributed by atoms with Crippen LogP contribution in [-0.2, 0) is 24.8 Å². The van der Waals surface area contributed by atoms with Gasteiger partial charge in [0.25, 0.3) is 0 Å². The molecule has 1 aromatic heterocycles. The van der Waals surface area contributed by atoms with Crippen LogP contribution in [0.1, 0.15) is 25.2 Å². The number of carbonyl (C=O) groups excluding carboxylic acids is 1. The Morgan fingerprint density at radius 2 is 2.35 bits per heavy atom. The third-order valence-corrected chi connectivity index (χ3v) is 3.76. The lowest BCUT2D eigenvalue weighted by Gasteiger charge is -2.34. The molecule has 1 aliphatic heterocycles. The number of nitrogens with one attached hydrogen (secondary N) is 2. The number of hydrogen-bond acceptors (Lipinski definition) is 4. The Balaban J connectivity index is 2.08. The minimum atomic E-state index is -0.0938. The Morgan fingerprint density at radius 3 is 3.00 bits per heavy atom. The first-order valence-electron chi connectivity index (χ1n) is 7.40. The second-order valence-corrected chi connectivity index (χ2v) is 5.19. The van der Waals surface area contributed by atoms with Gasteiger partial charge in [0.15, 0.2) is 0 Å². The zero-order chi connectivity index (χ0) is 14.5. The molecule has 1 amide bonds. The summed E-state index contributed by atoms with van der Waals surface area (Å²) in [6, 6.07) is 2.04. The Kier molecular flexibility index (Phi) is 5.14. The van der Waals surface area contributed by atoms with Crippen LogP contribution >= 0.6 is 0 Å². The Labute approximate surface area is 120 Å². The van der Waals surface area contributed by atoms with E-state index in [2.05, 4.69) is 33.6 Å². The van der Waals surface area contributed by atoms with Gasteiger partial charge in [0.2, 0.25) is 5.91 Å². The molecule has 0 aromatic carbocycles. The van der Waals surface area contributed by atoms with Gasteiger partial charge >= 0.3 is 0 Å². The highest BCUT2D eigenvalue weighted by Crippen LogP contribution is 2.12. The van der Waals surface area contributed by atoms with Crippen molar-refractivity contribution in [1.82, 2.24) is 25.3 Å². The first kappa shape index (κ1) is 15.0. The van der Waals surface area contributed by atoms with Gasteiger partial charge in [-0.1, -0.05) is 6.92 Å². The van der Waals surface area contributed by atoms with Gasteiger partial charge in [0, 0.05) is 39.8 Å². The molecule has 0 saturated carbocycles. The molecule has 0 aliphatic carbocycles. The van der Waals surface area contributed by atoms with Crippen LogP contribution in [0.15, 0.2) is 6.07 Å². The Bertz CT molecular complexity index is 456. The summed E-state index contributed by atoms with van der Waals surface area (Å²) in [5.41, 5.74) is 2.27. The third-order valence-electron chi connectivity index (χ3n) is 3.76. The van der Waals surface area contributed by atoms with Gasteiger partial charge in [-0.3, -0.25) is 14.4 Å². The Hall–Kier alpha value is -1.40. The molecule has 6 nitrogen and oxygen atoms in total. The van der Waals surface area contributed by atoms with E-state index in [1.54, 1.807) is 0 Å². The summed E-state index contributed by atoms with van der Waals surface area (Å²) in [5.74, 6) is 0.109. The first-order chi connectivity index (χ1) is 9.65. The molecule has 0 bridgehead atoms. The monoisotopic (exact) mass is 279 g/mol. The molecule has 1 unspecified atom stereocenters. The Morgan fingerprint density at radius 1 is 1.55 bits per heavy atom. The maximum absolute atomic E-state index is 12.1. The minimum Gasteiger partial charge on any atom is -0.355 e. The zero-order valence-corrected chi connectivity index (χ0v) is 12.6. The summed E-state index contributed by atoms with van der Waals surface area (Å²) < 4.78 is 1.93. The van der Waals surface area contributed by atoms with Crippen LogP contribution in [-0.4, -0.2) is 52.8 Å². The number of hydrogen-bond donors (Lipinski definition) is 2. The summed E-state index contributed by atoms with van der Waals surface area (Å²) in [7, 11) is 1.97. The largest absolute Gasteiger partial charge is 0.355 e. The minimum absolute atomic E-state index is 0.0938. The van der Waals surface area contributed by atoms with Crippen molar-refractivity contribution in [1.29, 1.82) is 0 Å². The van der Waals surface area contributed by atoms with E-state index in [-0.39, 0.29) is 11.9 Å². The van der Waals surface area contributed by atoms with Gasteiger partial charge in [-0.2, -0.15) is 5.10 Å². The number of aromatic nitrogens is 2. The van der Waals surface area contributed by atoms with Crippen molar-refractivity contribution >= 4 is 5.91 Å². The lowest BCUT2D eigenvalue weighted by Crippen LogP contribution is -2.57. The third kappa shape index (κ3) is 3.37. The predicted molar refractivity (Wildman–Crippen MR) is 78.3 cm³/mol. The summed E-state index contributed by atoms with van der Waals surface area (Å²) in [6.07, 6.45) is 0.940. The van der Waals surface area contributed by atoms with E-state index in [1.807, 2.05) is 18.7 Å². The zero-order valence-electron chi connectivity index (χ0n) is 12.6. The van der Waals surface area contributed by atoms with Crippen molar-refractivity contribution in [3.8, 4) is 0 Å². The molecule has 1 saturated heterocycles. The van der Waals surface area contributed by atoms with Crippen LogP contribution in [0.4, 0.5) is 0 Å². The summed E-state index contributed by atoms with van der Waals surface area (Å²) in [5, 5.41) is 10.7. The van der Waals surface area contributed by atoms with Crippen molar-refractivity contribution in [2.45, 2.75) is 32.9 Å². The highest BCUT2D eigenvalue weighted by molar-refractivity contribution is 5.82. The second-order valence-electron chi connectivity index (χ2n) is 5.19. The van der Waals surface area contributed by atoms with Gasteiger partial charge < -0.3 is 10.6 Å². The first-order valence-corrected chi connectivity index (χ1v) is 7.40. The van der Waals surface area contributed by atoms with Gasteiger partial charge in [-0.05, 0) is 19.4 Å². The van der Waals surface area contributed by atoms with E-state index < -0.39 is 0 Å². The fourth-order valence-electron chi connectivity index (χ4n) is 2.59. The van der Waals surface area contributed by atoms with E-state index in [1.165, 1.54) is 0 Å². The summed E-state index contributed by atoms with van der Waals surface area (Å²) >= 11 is 0. The van der Waals surface area contributed by atoms with Crippen LogP contribution in [0.5, 0.6) is 0 Å². The lowest BCUT2D eigenvalue weighted by atomic mass is 10.1. The molecule has 2 heterocycles. The smallest absolute Gasteiger partial charge is 0.238 e. The quantitative estimate of drug-likeness (QED) is 0.790. The number of carbonyl (C=O) groups is 1. The molecule has 0 spiro atoms. The predicted octanol–water partition coefficient (Wildman–Crippen LogP) is -0.108. The van der Waals surface area contributed by atoms with E-state index in [9.17, 15) is 4.79 Å². The fraction of sp³-hybridized carbons (Fsp3) is 0.714. The average molecular weight is 279 g/mol. The molecule has 2 N–H and O–H groups in total. The molecule has 20 heavy (non-hydrogen) atoms. The van der Waals surface area contributed by atoms with E-state index in [0.717, 1.165) is 37.4 Å². The van der Waals surface area contributed by atoms with Crippen molar-refractivity contribution in [2.24, 2.45) is 7.05 Å². The van der Waals surface area contributed by atoms with Gasteiger partial charge in [-0.15, -0.1) is 0 Å². The van der Waals surface area contributed by atoms with Gasteiger partial charge in [-0.25, -0.2) is 0 Å². The molecule has 1 aromatic rings. The fourth-order valence-corrected chi connectivity index (χ4v) is 2.59. The highest BCUT2D eigenvalue weighted by atomic mass is 16.2. The number of aryl methyl sites for hydroxylation is 2. The van der Waals surface area contributed by atoms with Crippen LogP contribution in [0.3, 0.4) is 0 Å². The maximum Gasteiger partial charge on any atom is 0.238 e. The van der Waals surface area contributed by atoms with Crippen molar-refractivity contribution < 1.29 is 4.79 Å². The van der Waals surface area contributed by atoms with E-state index in [0.29, 0.717) is 13.1 Å². The standard InChI is InChI=1S/C14H25N5O/c1-4-11-8-12(18(3)17-11)10-19-7-6-15-9-13(19)14(20)16-5-2/h8,13,15H,4-7,9-10H2,1-3H3,(H,16,20). The molecular formula is C14H25N5O. The lowest BCUT2D eigenvalue weighted by molar-refractivity contribution is -0.127. The molecule has 112 valence electrons. The van der Waals surface area contributed by atoms with E-state index in [4.69, 9.17) is 0 Å². The molecule has 0 radical (unpaired) electrons. The number of piperazine rings is 1. The number of rotatable bonds is 5. The average Bonchev–Trinajstić information content (AvgIpc) is 2.80. The van der Waals surface area contributed by atoms with Crippen molar-refractivity contribution in [3.05, 3.63) is 17.5 Å². The van der Waals surface area contributed by atoms with Gasteiger partial charge in [0.1, 0.15) is 6.04 Å². The number of nitrogens with zero attached hydrogens (tertiary/aromatic N) is 3. The number of likely N-dealkylation sites (N-methyl/N-ethyl adjacent to an activating group) is 1. The van der Waals surface area contributed by atoms with Crippen LogP contribution in [0.25, 0.3) is 0 Å². The van der Waals surface area contributed by atoms with Crippen LogP contribution in [0, 0.1) is 0 Å². The molecule has 2 rings (SSSR count). The second kappa shape index (κ2) is 6.85. The molecule has 1 atom stereocenters. The number of amides is 1. The van der Waals surface area contributed by atoms with Crippen molar-refractivity contribution in [2.75, 3.05) is 26.2 Å². The van der Waals surface area contributed by atoms with Crippen LogP contribution in [0.2, 0.25) is 0 Å². The highest BCUT2D eigenvalue weighted by Gasteiger charge is 2.28. The van der Waals surface area contributed by atoms with E-state index >= 15 is 0 Å². The summed E-state index contributed by atoms with van der Waals surface area (Å²) in [6.45, 7) is 8.02. The molecule has 1 fully saturated rings.